The van der Waals surface area contributed by atoms with Crippen molar-refractivity contribution in [1.82, 2.24) is 4.57 Å². The third kappa shape index (κ3) is 2.38. The van der Waals surface area contributed by atoms with Gasteiger partial charge in [-0.25, -0.2) is 0 Å². The number of hydrogen-bond acceptors (Lipinski definition) is 3. The van der Waals surface area contributed by atoms with Gasteiger partial charge in [-0.15, -0.1) is 0 Å². The molecule has 96 valence electrons. The number of aryl methyl sites for hydroxylation is 1. The van der Waals surface area contributed by atoms with E-state index >= 15 is 0 Å². The fraction of sp³-hybridized carbons (Fsp3) is 0.357. The van der Waals surface area contributed by atoms with Crippen LogP contribution in [-0.2, 0) is 7.05 Å². The van der Waals surface area contributed by atoms with E-state index in [0.717, 1.165) is 16.6 Å². The fourth-order valence-corrected chi connectivity index (χ4v) is 2.06. The largest absolute Gasteiger partial charge is 0.396 e. The average molecular weight is 246 g/mol. The molecular weight excluding hydrogens is 228 g/mol. The van der Waals surface area contributed by atoms with Crippen molar-refractivity contribution in [3.8, 4) is 0 Å². The maximum atomic E-state index is 11.9. The van der Waals surface area contributed by atoms with Crippen molar-refractivity contribution in [1.29, 1.82) is 0 Å². The van der Waals surface area contributed by atoms with Gasteiger partial charge in [0.2, 0.25) is 0 Å². The Kier molecular flexibility index (Phi) is 3.67. The van der Waals surface area contributed by atoms with Gasteiger partial charge in [0.1, 0.15) is 0 Å². The summed E-state index contributed by atoms with van der Waals surface area (Å²) in [6, 6.07) is 9.53. The first kappa shape index (κ1) is 12.6. The van der Waals surface area contributed by atoms with E-state index in [0.29, 0.717) is 6.42 Å². The summed E-state index contributed by atoms with van der Waals surface area (Å²) in [7, 11) is 1.77. The number of fused-ring (bicyclic) bond motifs is 1. The molecule has 2 aromatic rings. The summed E-state index contributed by atoms with van der Waals surface area (Å²) in [6.45, 7) is 2.12. The Morgan fingerprint density at radius 1 is 1.39 bits per heavy atom. The van der Waals surface area contributed by atoms with E-state index in [4.69, 9.17) is 5.11 Å². The Hall–Kier alpha value is -1.81. The Labute approximate surface area is 106 Å². The highest BCUT2D eigenvalue weighted by Gasteiger charge is 2.08. The molecule has 2 rings (SSSR count). The van der Waals surface area contributed by atoms with E-state index in [1.165, 1.54) is 0 Å². The van der Waals surface area contributed by atoms with Crippen LogP contribution in [0, 0.1) is 0 Å². The first-order chi connectivity index (χ1) is 8.63. The summed E-state index contributed by atoms with van der Waals surface area (Å²) in [6.07, 6.45) is 0.656. The van der Waals surface area contributed by atoms with Crippen molar-refractivity contribution >= 4 is 16.6 Å². The SMILES string of the molecule is CC(CCO)Nc1cc(=O)n(C)c2ccccc12. The van der Waals surface area contributed by atoms with Gasteiger partial charge in [-0.3, -0.25) is 4.79 Å². The minimum atomic E-state index is -0.0348. The summed E-state index contributed by atoms with van der Waals surface area (Å²) < 4.78 is 1.64. The van der Waals surface area contributed by atoms with E-state index in [9.17, 15) is 4.79 Å². The smallest absolute Gasteiger partial charge is 0.252 e. The zero-order valence-electron chi connectivity index (χ0n) is 10.7. The minimum absolute atomic E-state index is 0.0348. The van der Waals surface area contributed by atoms with Crippen molar-refractivity contribution < 1.29 is 5.11 Å². The normalized spacial score (nSPS) is 12.6. The fourth-order valence-electron chi connectivity index (χ4n) is 2.06. The maximum Gasteiger partial charge on any atom is 0.252 e. The van der Waals surface area contributed by atoms with Gasteiger partial charge in [0.25, 0.3) is 5.56 Å². The van der Waals surface area contributed by atoms with Crippen molar-refractivity contribution in [3.05, 3.63) is 40.7 Å². The quantitative estimate of drug-likeness (QED) is 0.863. The number of hydrogen-bond donors (Lipinski definition) is 2. The number of para-hydroxylation sites is 1. The molecule has 1 unspecified atom stereocenters. The van der Waals surface area contributed by atoms with Crippen molar-refractivity contribution in [2.45, 2.75) is 19.4 Å². The molecule has 1 atom stereocenters. The van der Waals surface area contributed by atoms with Crippen molar-refractivity contribution in [3.63, 3.8) is 0 Å². The van der Waals surface area contributed by atoms with Crippen LogP contribution >= 0.6 is 0 Å². The molecule has 1 heterocycles. The molecule has 0 amide bonds. The zero-order valence-corrected chi connectivity index (χ0v) is 10.7. The number of aliphatic hydroxyl groups is 1. The molecule has 4 heteroatoms. The lowest BCUT2D eigenvalue weighted by Crippen LogP contribution is -2.21. The molecule has 2 N–H and O–H groups in total. The number of anilines is 1. The Balaban J connectivity index is 2.50. The van der Waals surface area contributed by atoms with Gasteiger partial charge in [-0.05, 0) is 19.4 Å². The number of benzene rings is 1. The van der Waals surface area contributed by atoms with Crippen LogP contribution in [-0.4, -0.2) is 22.3 Å². The van der Waals surface area contributed by atoms with Gasteiger partial charge >= 0.3 is 0 Å². The van der Waals surface area contributed by atoms with E-state index in [1.54, 1.807) is 17.7 Å². The van der Waals surface area contributed by atoms with E-state index in [1.807, 2.05) is 31.2 Å². The molecule has 0 saturated carbocycles. The third-order valence-electron chi connectivity index (χ3n) is 3.12. The zero-order chi connectivity index (χ0) is 13.1. The second kappa shape index (κ2) is 5.23. The molecule has 4 nitrogen and oxygen atoms in total. The lowest BCUT2D eigenvalue weighted by atomic mass is 10.1. The number of aliphatic hydroxyl groups excluding tert-OH is 1. The van der Waals surface area contributed by atoms with Crippen LogP contribution in [0.25, 0.3) is 10.9 Å². The van der Waals surface area contributed by atoms with Gasteiger partial charge in [0.15, 0.2) is 0 Å². The van der Waals surface area contributed by atoms with Crippen LogP contribution in [0.2, 0.25) is 0 Å². The van der Waals surface area contributed by atoms with Crippen LogP contribution in [0.4, 0.5) is 5.69 Å². The standard InChI is InChI=1S/C14H18N2O2/c1-10(7-8-17)15-12-9-14(18)16(2)13-6-4-3-5-11(12)13/h3-6,9-10,15,17H,7-8H2,1-2H3. The predicted molar refractivity (Wildman–Crippen MR) is 74.0 cm³/mol. The van der Waals surface area contributed by atoms with Crippen molar-refractivity contribution in [2.75, 3.05) is 11.9 Å². The molecule has 0 aliphatic carbocycles. The molecule has 0 spiro atoms. The topological polar surface area (TPSA) is 54.3 Å². The van der Waals surface area contributed by atoms with Crippen LogP contribution in [0.15, 0.2) is 35.1 Å². The molecule has 0 saturated heterocycles. The third-order valence-corrected chi connectivity index (χ3v) is 3.12. The predicted octanol–water partition coefficient (Wildman–Crippen LogP) is 1.72. The number of nitrogens with one attached hydrogen (secondary N) is 1. The van der Waals surface area contributed by atoms with Gasteiger partial charge in [-0.2, -0.15) is 0 Å². The van der Waals surface area contributed by atoms with Gasteiger partial charge in [0.05, 0.1) is 5.52 Å². The van der Waals surface area contributed by atoms with Crippen molar-refractivity contribution in [2.24, 2.45) is 7.05 Å². The summed E-state index contributed by atoms with van der Waals surface area (Å²) in [5.74, 6) is 0. The van der Waals surface area contributed by atoms with Gasteiger partial charge in [-0.1, -0.05) is 18.2 Å². The Morgan fingerprint density at radius 2 is 2.11 bits per heavy atom. The molecule has 18 heavy (non-hydrogen) atoms. The minimum Gasteiger partial charge on any atom is -0.396 e. The first-order valence-electron chi connectivity index (χ1n) is 6.09. The first-order valence-corrected chi connectivity index (χ1v) is 6.09. The number of nitrogens with zero attached hydrogens (tertiary/aromatic N) is 1. The second-order valence-electron chi connectivity index (χ2n) is 4.53. The monoisotopic (exact) mass is 246 g/mol. The summed E-state index contributed by atoms with van der Waals surface area (Å²) in [5, 5.41) is 13.2. The van der Waals surface area contributed by atoms with Crippen LogP contribution in [0.3, 0.4) is 0 Å². The van der Waals surface area contributed by atoms with Gasteiger partial charge in [0, 0.05) is 36.8 Å². The molecule has 0 bridgehead atoms. The maximum absolute atomic E-state index is 11.9. The summed E-state index contributed by atoms with van der Waals surface area (Å²) in [5.41, 5.74) is 1.70. The Bertz CT molecular complexity index is 604. The molecule has 0 aliphatic rings. The van der Waals surface area contributed by atoms with E-state index in [2.05, 4.69) is 5.32 Å². The van der Waals surface area contributed by atoms with E-state index in [-0.39, 0.29) is 18.2 Å². The van der Waals surface area contributed by atoms with Gasteiger partial charge < -0.3 is 15.0 Å². The highest BCUT2D eigenvalue weighted by molar-refractivity contribution is 5.91. The highest BCUT2D eigenvalue weighted by Crippen LogP contribution is 2.21. The lowest BCUT2D eigenvalue weighted by molar-refractivity contribution is 0.282. The van der Waals surface area contributed by atoms with Crippen LogP contribution in [0.1, 0.15) is 13.3 Å². The van der Waals surface area contributed by atoms with Crippen LogP contribution in [0.5, 0.6) is 0 Å². The summed E-state index contributed by atoms with van der Waals surface area (Å²) in [4.78, 5) is 11.9. The van der Waals surface area contributed by atoms with E-state index < -0.39 is 0 Å². The molecule has 0 radical (unpaired) electrons. The molecule has 1 aromatic carbocycles. The molecule has 0 aliphatic heterocycles. The molecule has 1 aromatic heterocycles. The van der Waals surface area contributed by atoms with Crippen LogP contribution < -0.4 is 10.9 Å². The highest BCUT2D eigenvalue weighted by atomic mass is 16.3. The Morgan fingerprint density at radius 3 is 2.83 bits per heavy atom. The number of aromatic nitrogens is 1. The molecular formula is C14H18N2O2. The summed E-state index contributed by atoms with van der Waals surface area (Å²) >= 11 is 0. The number of rotatable bonds is 4. The second-order valence-corrected chi connectivity index (χ2v) is 4.53. The lowest BCUT2D eigenvalue weighted by Gasteiger charge is -2.16. The molecule has 0 fully saturated rings. The number of pyridine rings is 1. The average Bonchev–Trinajstić information content (AvgIpc) is 2.36.